The lowest BCUT2D eigenvalue weighted by Crippen LogP contribution is -2.21. The Hall–Kier alpha value is -0.650. The van der Waals surface area contributed by atoms with E-state index in [9.17, 15) is 4.79 Å². The lowest BCUT2D eigenvalue weighted by molar-refractivity contribution is -0.138. The van der Waals surface area contributed by atoms with E-state index in [1.54, 1.807) is 0 Å². The highest BCUT2D eigenvalue weighted by Gasteiger charge is 2.18. The summed E-state index contributed by atoms with van der Waals surface area (Å²) >= 11 is 8.80. The SMILES string of the molecule is N[C@@H](C(=O)O)c1cc(Br)cnc1Cl. The van der Waals surface area contributed by atoms with Gasteiger partial charge in [-0.3, -0.25) is 4.79 Å². The average molecular weight is 265 g/mol. The Balaban J connectivity index is 3.12. The van der Waals surface area contributed by atoms with Gasteiger partial charge in [0, 0.05) is 16.2 Å². The number of rotatable bonds is 2. The summed E-state index contributed by atoms with van der Waals surface area (Å²) in [4.78, 5) is 14.3. The number of hydrogen-bond donors (Lipinski definition) is 2. The molecular weight excluding hydrogens is 259 g/mol. The van der Waals surface area contributed by atoms with Crippen LogP contribution in [0.4, 0.5) is 0 Å². The van der Waals surface area contributed by atoms with Crippen LogP contribution in [0.2, 0.25) is 5.15 Å². The average Bonchev–Trinajstić information content (AvgIpc) is 2.08. The molecule has 0 amide bonds. The van der Waals surface area contributed by atoms with Crippen molar-refractivity contribution in [2.45, 2.75) is 6.04 Å². The lowest BCUT2D eigenvalue weighted by Gasteiger charge is -2.07. The van der Waals surface area contributed by atoms with E-state index in [1.165, 1.54) is 12.3 Å². The number of carbonyl (C=O) groups is 1. The Morgan fingerprint density at radius 2 is 2.38 bits per heavy atom. The number of aliphatic carboxylic acids is 1. The predicted molar refractivity (Wildman–Crippen MR) is 51.5 cm³/mol. The zero-order chi connectivity index (χ0) is 10.0. The summed E-state index contributed by atoms with van der Waals surface area (Å²) in [5.74, 6) is -1.14. The number of halogens is 2. The number of aromatic nitrogens is 1. The second kappa shape index (κ2) is 4.04. The first-order valence-electron chi connectivity index (χ1n) is 3.31. The van der Waals surface area contributed by atoms with Gasteiger partial charge in [0.25, 0.3) is 0 Å². The lowest BCUT2D eigenvalue weighted by atomic mass is 10.1. The molecule has 70 valence electrons. The van der Waals surface area contributed by atoms with Crippen LogP contribution in [-0.4, -0.2) is 16.1 Å². The van der Waals surface area contributed by atoms with Crippen molar-refractivity contribution in [3.05, 3.63) is 27.5 Å². The van der Waals surface area contributed by atoms with Gasteiger partial charge in [-0.05, 0) is 22.0 Å². The molecule has 0 unspecified atom stereocenters. The Labute approximate surface area is 87.8 Å². The van der Waals surface area contributed by atoms with Gasteiger partial charge in [0.2, 0.25) is 0 Å². The Kier molecular flexibility index (Phi) is 3.24. The molecule has 0 aliphatic rings. The van der Waals surface area contributed by atoms with Gasteiger partial charge in [0.15, 0.2) is 0 Å². The summed E-state index contributed by atoms with van der Waals surface area (Å²) in [5, 5.41) is 8.73. The van der Waals surface area contributed by atoms with Gasteiger partial charge in [-0.25, -0.2) is 4.98 Å². The number of nitrogens with two attached hydrogens (primary N) is 1. The number of pyridine rings is 1. The minimum absolute atomic E-state index is 0.109. The van der Waals surface area contributed by atoms with Crippen molar-refractivity contribution >= 4 is 33.5 Å². The summed E-state index contributed by atoms with van der Waals surface area (Å²) < 4.78 is 0.642. The fourth-order valence-electron chi connectivity index (χ4n) is 0.789. The molecule has 1 heterocycles. The van der Waals surface area contributed by atoms with E-state index in [4.69, 9.17) is 22.4 Å². The standard InChI is InChI=1S/C7H6BrClN2O2/c8-3-1-4(5(10)7(12)13)6(9)11-2-3/h1-2,5H,10H2,(H,12,13)/t5-/m1/s1. The summed E-state index contributed by atoms with van der Waals surface area (Å²) in [6, 6.07) is 0.395. The minimum atomic E-state index is -1.14. The first-order chi connectivity index (χ1) is 6.02. The van der Waals surface area contributed by atoms with Crippen LogP contribution in [0.25, 0.3) is 0 Å². The Morgan fingerprint density at radius 3 is 2.92 bits per heavy atom. The fraction of sp³-hybridized carbons (Fsp3) is 0.143. The zero-order valence-electron chi connectivity index (χ0n) is 6.37. The third-order valence-electron chi connectivity index (χ3n) is 1.43. The molecular formula is C7H6BrClN2O2. The van der Waals surface area contributed by atoms with Crippen molar-refractivity contribution in [1.82, 2.24) is 4.98 Å². The van der Waals surface area contributed by atoms with Gasteiger partial charge in [0.1, 0.15) is 11.2 Å². The molecule has 0 saturated carbocycles. The first-order valence-corrected chi connectivity index (χ1v) is 4.49. The van der Waals surface area contributed by atoms with Gasteiger partial charge in [0.05, 0.1) is 0 Å². The molecule has 0 saturated heterocycles. The highest BCUT2D eigenvalue weighted by molar-refractivity contribution is 9.10. The van der Waals surface area contributed by atoms with Crippen molar-refractivity contribution in [2.75, 3.05) is 0 Å². The van der Waals surface area contributed by atoms with Gasteiger partial charge in [-0.2, -0.15) is 0 Å². The Morgan fingerprint density at radius 1 is 1.77 bits per heavy atom. The van der Waals surface area contributed by atoms with Crippen LogP contribution >= 0.6 is 27.5 Å². The van der Waals surface area contributed by atoms with E-state index in [2.05, 4.69) is 20.9 Å². The van der Waals surface area contributed by atoms with Crippen molar-refractivity contribution < 1.29 is 9.90 Å². The van der Waals surface area contributed by atoms with Gasteiger partial charge in [-0.15, -0.1) is 0 Å². The molecule has 0 radical (unpaired) electrons. The summed E-state index contributed by atoms with van der Waals surface area (Å²) in [6.45, 7) is 0. The molecule has 0 bridgehead atoms. The Bertz CT molecular complexity index is 345. The maximum atomic E-state index is 10.5. The van der Waals surface area contributed by atoms with Crippen molar-refractivity contribution in [3.63, 3.8) is 0 Å². The van der Waals surface area contributed by atoms with Crippen molar-refractivity contribution in [3.8, 4) is 0 Å². The second-order valence-corrected chi connectivity index (χ2v) is 3.62. The number of hydrogen-bond acceptors (Lipinski definition) is 3. The van der Waals surface area contributed by atoms with Crippen LogP contribution in [-0.2, 0) is 4.79 Å². The normalized spacial score (nSPS) is 12.5. The fourth-order valence-corrected chi connectivity index (χ4v) is 1.36. The van der Waals surface area contributed by atoms with Gasteiger partial charge >= 0.3 is 5.97 Å². The molecule has 3 N–H and O–H groups in total. The van der Waals surface area contributed by atoms with Crippen molar-refractivity contribution in [2.24, 2.45) is 5.73 Å². The molecule has 1 aromatic heterocycles. The largest absolute Gasteiger partial charge is 0.480 e. The van der Waals surface area contributed by atoms with Crippen LogP contribution < -0.4 is 5.73 Å². The summed E-state index contributed by atoms with van der Waals surface area (Å²) in [7, 11) is 0. The molecule has 4 nitrogen and oxygen atoms in total. The second-order valence-electron chi connectivity index (χ2n) is 2.35. The van der Waals surface area contributed by atoms with Gasteiger partial charge in [-0.1, -0.05) is 11.6 Å². The highest BCUT2D eigenvalue weighted by atomic mass is 79.9. The number of nitrogens with zero attached hydrogens (tertiary/aromatic N) is 1. The number of carboxylic acids is 1. The molecule has 6 heteroatoms. The molecule has 0 aliphatic heterocycles. The van der Waals surface area contributed by atoms with Gasteiger partial charge < -0.3 is 10.8 Å². The van der Waals surface area contributed by atoms with E-state index in [-0.39, 0.29) is 5.15 Å². The third-order valence-corrected chi connectivity index (χ3v) is 2.18. The van der Waals surface area contributed by atoms with Crippen LogP contribution in [0.5, 0.6) is 0 Å². The molecule has 0 aromatic carbocycles. The van der Waals surface area contributed by atoms with Crippen molar-refractivity contribution in [1.29, 1.82) is 0 Å². The zero-order valence-corrected chi connectivity index (χ0v) is 8.71. The maximum Gasteiger partial charge on any atom is 0.325 e. The van der Waals surface area contributed by atoms with Crippen LogP contribution in [0, 0.1) is 0 Å². The highest BCUT2D eigenvalue weighted by Crippen LogP contribution is 2.22. The molecule has 1 atom stereocenters. The van der Waals surface area contributed by atoms with E-state index in [0.717, 1.165) is 0 Å². The smallest absolute Gasteiger partial charge is 0.325 e. The summed E-state index contributed by atoms with van der Waals surface area (Å²) in [6.07, 6.45) is 1.47. The monoisotopic (exact) mass is 264 g/mol. The number of carboxylic acid groups (broad SMARTS) is 1. The molecule has 1 aromatic rings. The molecule has 0 fully saturated rings. The molecule has 0 spiro atoms. The predicted octanol–water partition coefficient (Wildman–Crippen LogP) is 1.58. The topological polar surface area (TPSA) is 76.2 Å². The molecule has 0 aliphatic carbocycles. The van der Waals surface area contributed by atoms with E-state index in [0.29, 0.717) is 10.0 Å². The van der Waals surface area contributed by atoms with Crippen LogP contribution in [0.1, 0.15) is 11.6 Å². The van der Waals surface area contributed by atoms with E-state index in [1.807, 2.05) is 0 Å². The summed E-state index contributed by atoms with van der Waals surface area (Å²) in [5.41, 5.74) is 5.66. The van der Waals surface area contributed by atoms with E-state index >= 15 is 0 Å². The maximum absolute atomic E-state index is 10.5. The molecule has 13 heavy (non-hydrogen) atoms. The first kappa shape index (κ1) is 10.4. The minimum Gasteiger partial charge on any atom is -0.480 e. The van der Waals surface area contributed by atoms with E-state index < -0.39 is 12.0 Å². The van der Waals surface area contributed by atoms with Crippen LogP contribution in [0.15, 0.2) is 16.7 Å². The molecule has 1 rings (SSSR count). The third kappa shape index (κ3) is 2.40. The van der Waals surface area contributed by atoms with Crippen LogP contribution in [0.3, 0.4) is 0 Å². The quantitative estimate of drug-likeness (QED) is 0.796.